The first kappa shape index (κ1) is 16.6. The van der Waals surface area contributed by atoms with E-state index in [0.29, 0.717) is 42.5 Å². The second-order valence-electron chi connectivity index (χ2n) is 5.40. The van der Waals surface area contributed by atoms with Crippen LogP contribution in [0.5, 0.6) is 5.75 Å². The van der Waals surface area contributed by atoms with E-state index < -0.39 is 0 Å². The van der Waals surface area contributed by atoms with Crippen LogP contribution in [0.1, 0.15) is 37.0 Å². The summed E-state index contributed by atoms with van der Waals surface area (Å²) in [6.07, 6.45) is 1.21. The molecule has 0 saturated carbocycles. The lowest BCUT2D eigenvalue weighted by molar-refractivity contribution is -0.120. The molecule has 1 N–H and O–H groups in total. The molecule has 2 rings (SSSR count). The largest absolute Gasteiger partial charge is 0.492 e. The van der Waals surface area contributed by atoms with Gasteiger partial charge in [-0.3, -0.25) is 9.59 Å². The maximum atomic E-state index is 12.6. The minimum atomic E-state index is -0.118. The predicted molar refractivity (Wildman–Crippen MR) is 85.4 cm³/mol. The molecule has 1 fully saturated rings. The van der Waals surface area contributed by atoms with E-state index in [1.807, 2.05) is 13.8 Å². The predicted octanol–water partition coefficient (Wildman–Crippen LogP) is 2.48. The van der Waals surface area contributed by atoms with E-state index in [9.17, 15) is 9.59 Å². The van der Waals surface area contributed by atoms with Crippen LogP contribution in [0, 0.1) is 0 Å². The lowest BCUT2D eigenvalue weighted by Crippen LogP contribution is -2.41. The minimum Gasteiger partial charge on any atom is -0.492 e. The Labute approximate surface area is 135 Å². The second kappa shape index (κ2) is 7.49. The number of hydrogen-bond acceptors (Lipinski definition) is 3. The molecule has 1 saturated heterocycles. The zero-order chi connectivity index (χ0) is 16.1. The molecule has 5 nitrogen and oxygen atoms in total. The van der Waals surface area contributed by atoms with Crippen molar-refractivity contribution in [2.75, 3.05) is 19.7 Å². The van der Waals surface area contributed by atoms with Crippen molar-refractivity contribution in [2.24, 2.45) is 0 Å². The van der Waals surface area contributed by atoms with E-state index in [2.05, 4.69) is 5.32 Å². The fourth-order valence-electron chi connectivity index (χ4n) is 2.33. The maximum absolute atomic E-state index is 12.6. The number of carbonyl (C=O) groups is 2. The van der Waals surface area contributed by atoms with Gasteiger partial charge in [0.2, 0.25) is 5.91 Å². The summed E-state index contributed by atoms with van der Waals surface area (Å²) < 4.78 is 5.51. The van der Waals surface area contributed by atoms with Crippen LogP contribution in [0.2, 0.25) is 5.02 Å². The molecule has 0 radical (unpaired) electrons. The van der Waals surface area contributed by atoms with Gasteiger partial charge in [0.1, 0.15) is 5.75 Å². The number of rotatable bonds is 4. The van der Waals surface area contributed by atoms with E-state index in [1.54, 1.807) is 23.1 Å². The Kier molecular flexibility index (Phi) is 5.66. The normalized spacial score (nSPS) is 18.6. The summed E-state index contributed by atoms with van der Waals surface area (Å²) in [4.78, 5) is 25.8. The molecule has 1 atom stereocenters. The number of ether oxygens (including phenoxy) is 1. The molecule has 0 aliphatic carbocycles. The molecule has 2 amide bonds. The van der Waals surface area contributed by atoms with Crippen molar-refractivity contribution in [3.63, 3.8) is 0 Å². The summed E-state index contributed by atoms with van der Waals surface area (Å²) in [5, 5.41) is 3.22. The highest BCUT2D eigenvalue weighted by molar-refractivity contribution is 6.32. The SMILES string of the molecule is CCCOc1ccc(C(=O)N2CCC(=O)NCC2C)cc1Cl. The van der Waals surface area contributed by atoms with Gasteiger partial charge in [0, 0.05) is 31.1 Å². The second-order valence-corrected chi connectivity index (χ2v) is 5.80. The number of benzene rings is 1. The molecule has 1 aromatic carbocycles. The van der Waals surface area contributed by atoms with Crippen molar-refractivity contribution in [1.82, 2.24) is 10.2 Å². The van der Waals surface area contributed by atoms with Gasteiger partial charge in [0.05, 0.1) is 11.6 Å². The van der Waals surface area contributed by atoms with Crippen LogP contribution in [-0.2, 0) is 4.79 Å². The first-order chi connectivity index (χ1) is 10.5. The molecule has 6 heteroatoms. The standard InChI is InChI=1S/C16H21ClN2O3/c1-3-8-22-14-5-4-12(9-13(14)17)16(21)19-7-6-15(20)18-10-11(19)2/h4-5,9,11H,3,6-8,10H2,1-2H3,(H,18,20). The molecule has 120 valence electrons. The fraction of sp³-hybridized carbons (Fsp3) is 0.500. The molecule has 1 aliphatic rings. The summed E-state index contributed by atoms with van der Waals surface area (Å²) in [7, 11) is 0. The molecular weight excluding hydrogens is 304 g/mol. The Balaban J connectivity index is 2.14. The molecule has 1 unspecified atom stereocenters. The average molecular weight is 325 g/mol. The van der Waals surface area contributed by atoms with Crippen LogP contribution < -0.4 is 10.1 Å². The summed E-state index contributed by atoms with van der Waals surface area (Å²) in [6.45, 7) is 5.41. The molecule has 0 bridgehead atoms. The maximum Gasteiger partial charge on any atom is 0.254 e. The molecule has 1 aromatic rings. The van der Waals surface area contributed by atoms with Gasteiger partial charge in [-0.05, 0) is 31.5 Å². The minimum absolute atomic E-state index is 0.0245. The van der Waals surface area contributed by atoms with Gasteiger partial charge in [-0.15, -0.1) is 0 Å². The molecular formula is C16H21ClN2O3. The lowest BCUT2D eigenvalue weighted by atomic mass is 10.1. The smallest absolute Gasteiger partial charge is 0.254 e. The van der Waals surface area contributed by atoms with Gasteiger partial charge in [0.15, 0.2) is 0 Å². The highest BCUT2D eigenvalue weighted by atomic mass is 35.5. The van der Waals surface area contributed by atoms with Gasteiger partial charge in [0.25, 0.3) is 5.91 Å². The van der Waals surface area contributed by atoms with Gasteiger partial charge < -0.3 is 15.0 Å². The Bertz CT molecular complexity index is 562. The third-order valence-electron chi connectivity index (χ3n) is 3.61. The number of hydrogen-bond donors (Lipinski definition) is 1. The molecule has 0 aromatic heterocycles. The van der Waals surface area contributed by atoms with Gasteiger partial charge in [-0.1, -0.05) is 18.5 Å². The Morgan fingerprint density at radius 1 is 1.50 bits per heavy atom. The highest BCUT2D eigenvalue weighted by Gasteiger charge is 2.25. The highest BCUT2D eigenvalue weighted by Crippen LogP contribution is 2.26. The molecule has 0 spiro atoms. The summed E-state index contributed by atoms with van der Waals surface area (Å²) in [6, 6.07) is 5.01. The number of nitrogens with one attached hydrogen (secondary N) is 1. The topological polar surface area (TPSA) is 58.6 Å². The molecule has 1 aliphatic heterocycles. The monoisotopic (exact) mass is 324 g/mol. The summed E-state index contributed by atoms with van der Waals surface area (Å²) >= 11 is 6.18. The van der Waals surface area contributed by atoms with Crippen LogP contribution >= 0.6 is 11.6 Å². The van der Waals surface area contributed by atoms with Crippen LogP contribution in [0.25, 0.3) is 0 Å². The van der Waals surface area contributed by atoms with Crippen molar-refractivity contribution in [2.45, 2.75) is 32.7 Å². The van der Waals surface area contributed by atoms with Crippen molar-refractivity contribution < 1.29 is 14.3 Å². The third-order valence-corrected chi connectivity index (χ3v) is 3.90. The Morgan fingerprint density at radius 3 is 2.95 bits per heavy atom. The lowest BCUT2D eigenvalue weighted by Gasteiger charge is -2.26. The molecule has 22 heavy (non-hydrogen) atoms. The van der Waals surface area contributed by atoms with E-state index in [1.165, 1.54) is 0 Å². The van der Waals surface area contributed by atoms with Crippen molar-refractivity contribution >= 4 is 23.4 Å². The zero-order valence-corrected chi connectivity index (χ0v) is 13.7. The zero-order valence-electron chi connectivity index (χ0n) is 12.9. The van der Waals surface area contributed by atoms with Gasteiger partial charge in [-0.25, -0.2) is 0 Å². The first-order valence-corrected chi connectivity index (χ1v) is 7.90. The number of halogens is 1. The van der Waals surface area contributed by atoms with Gasteiger partial charge >= 0.3 is 0 Å². The first-order valence-electron chi connectivity index (χ1n) is 7.53. The van der Waals surface area contributed by atoms with E-state index in [-0.39, 0.29) is 17.9 Å². The number of carbonyl (C=O) groups excluding carboxylic acids is 2. The molecule has 1 heterocycles. The van der Waals surface area contributed by atoms with Gasteiger partial charge in [-0.2, -0.15) is 0 Å². The number of amides is 2. The van der Waals surface area contributed by atoms with Crippen LogP contribution in [0.15, 0.2) is 18.2 Å². The third kappa shape index (κ3) is 3.91. The summed E-state index contributed by atoms with van der Waals surface area (Å²) in [5.74, 6) is 0.442. The fourth-order valence-corrected chi connectivity index (χ4v) is 2.57. The quantitative estimate of drug-likeness (QED) is 0.925. The Morgan fingerprint density at radius 2 is 2.27 bits per heavy atom. The van der Waals surface area contributed by atoms with E-state index in [4.69, 9.17) is 16.3 Å². The van der Waals surface area contributed by atoms with Crippen molar-refractivity contribution in [3.8, 4) is 5.75 Å². The van der Waals surface area contributed by atoms with Crippen LogP contribution in [0.3, 0.4) is 0 Å². The van der Waals surface area contributed by atoms with Crippen LogP contribution in [-0.4, -0.2) is 42.5 Å². The average Bonchev–Trinajstić information content (AvgIpc) is 2.67. The Hall–Kier alpha value is -1.75. The van der Waals surface area contributed by atoms with Crippen LogP contribution in [0.4, 0.5) is 0 Å². The van der Waals surface area contributed by atoms with Crippen molar-refractivity contribution in [3.05, 3.63) is 28.8 Å². The van der Waals surface area contributed by atoms with E-state index >= 15 is 0 Å². The number of nitrogens with zero attached hydrogens (tertiary/aromatic N) is 1. The van der Waals surface area contributed by atoms with Crippen molar-refractivity contribution in [1.29, 1.82) is 0 Å². The summed E-state index contributed by atoms with van der Waals surface area (Å²) in [5.41, 5.74) is 0.509. The van der Waals surface area contributed by atoms with E-state index in [0.717, 1.165) is 6.42 Å².